The Bertz CT molecular complexity index is 1340. The summed E-state index contributed by atoms with van der Waals surface area (Å²) in [5.74, 6) is -0.808. The predicted octanol–water partition coefficient (Wildman–Crippen LogP) is 1.13. The van der Waals surface area contributed by atoms with Gasteiger partial charge in [0.15, 0.2) is 10.6 Å². The molecule has 0 bridgehead atoms. The summed E-state index contributed by atoms with van der Waals surface area (Å²) in [6.45, 7) is 1.42. The first-order valence-corrected chi connectivity index (χ1v) is 9.06. The van der Waals surface area contributed by atoms with Crippen LogP contribution in [0.3, 0.4) is 0 Å². The summed E-state index contributed by atoms with van der Waals surface area (Å²) in [7, 11) is 2.89. The summed E-state index contributed by atoms with van der Waals surface area (Å²) in [6.07, 6.45) is 1.37. The smallest absolute Gasteiger partial charge is 0.300 e. The number of fused-ring (bicyclic) bond motifs is 2. The molecule has 0 atom stereocenters. The number of hydrogen-bond donors (Lipinski definition) is 1. The third kappa shape index (κ3) is 2.80. The molecular formula is C17H15FN6O3S. The Labute approximate surface area is 160 Å². The van der Waals surface area contributed by atoms with E-state index in [1.54, 1.807) is 13.0 Å². The zero-order valence-electron chi connectivity index (χ0n) is 15.2. The lowest BCUT2D eigenvalue weighted by Crippen LogP contribution is -2.37. The number of nitrogens with zero attached hydrogens (tertiary/aromatic N) is 5. The Morgan fingerprint density at radius 3 is 2.75 bits per heavy atom. The third-order valence-corrected chi connectivity index (χ3v) is 5.40. The largest absolute Gasteiger partial charge is 0.331 e. The molecule has 4 rings (SSSR count). The lowest BCUT2D eigenvalue weighted by atomic mass is 10.2. The molecular weight excluding hydrogens is 387 g/mol. The summed E-state index contributed by atoms with van der Waals surface area (Å²) in [5.41, 5.74) is 0.441. The van der Waals surface area contributed by atoms with Gasteiger partial charge in [0, 0.05) is 20.2 Å². The molecule has 4 aromatic rings. The highest BCUT2D eigenvalue weighted by Gasteiger charge is 2.17. The fraction of sp³-hybridized carbons (Fsp3) is 0.235. The number of halogens is 1. The number of hydrogen-bond acceptors (Lipinski definition) is 6. The number of rotatable bonds is 3. The minimum absolute atomic E-state index is 0.154. The molecule has 1 amide bonds. The van der Waals surface area contributed by atoms with Gasteiger partial charge in [-0.15, -0.1) is 0 Å². The number of nitrogens with one attached hydrogen (secondary N) is 1. The van der Waals surface area contributed by atoms with Crippen molar-refractivity contribution in [3.63, 3.8) is 0 Å². The van der Waals surface area contributed by atoms with Crippen LogP contribution in [-0.2, 0) is 25.4 Å². The van der Waals surface area contributed by atoms with Gasteiger partial charge in [-0.3, -0.25) is 18.7 Å². The first-order valence-electron chi connectivity index (χ1n) is 8.24. The zero-order valence-corrected chi connectivity index (χ0v) is 16.0. The fourth-order valence-corrected chi connectivity index (χ4v) is 3.89. The van der Waals surface area contributed by atoms with Crippen molar-refractivity contribution in [1.82, 2.24) is 23.9 Å². The summed E-state index contributed by atoms with van der Waals surface area (Å²) >= 11 is 1.22. The topological polar surface area (TPSA) is 104 Å². The molecule has 0 spiro atoms. The van der Waals surface area contributed by atoms with Crippen molar-refractivity contribution in [3.8, 4) is 0 Å². The van der Waals surface area contributed by atoms with Crippen LogP contribution >= 0.6 is 11.3 Å². The van der Waals surface area contributed by atoms with Crippen LogP contribution in [0, 0.1) is 12.7 Å². The number of carbonyl (C=O) groups excluding carboxylic acids is 1. The molecule has 144 valence electrons. The Balaban J connectivity index is 1.64. The number of aryl methyl sites for hydroxylation is 2. The van der Waals surface area contributed by atoms with E-state index in [2.05, 4.69) is 15.4 Å². The van der Waals surface area contributed by atoms with Crippen LogP contribution in [0.15, 0.2) is 27.9 Å². The highest BCUT2D eigenvalue weighted by molar-refractivity contribution is 7.22. The van der Waals surface area contributed by atoms with E-state index < -0.39 is 17.2 Å². The summed E-state index contributed by atoms with van der Waals surface area (Å²) < 4.78 is 17.9. The van der Waals surface area contributed by atoms with Crippen molar-refractivity contribution in [2.24, 2.45) is 14.1 Å². The zero-order chi connectivity index (χ0) is 20.2. The van der Waals surface area contributed by atoms with E-state index in [0.29, 0.717) is 21.7 Å². The van der Waals surface area contributed by atoms with Gasteiger partial charge in [-0.2, -0.15) is 5.10 Å². The maximum absolute atomic E-state index is 13.7. The number of aromatic nitrogens is 5. The summed E-state index contributed by atoms with van der Waals surface area (Å²) in [4.78, 5) is 41.0. The van der Waals surface area contributed by atoms with Crippen LogP contribution in [0.2, 0.25) is 0 Å². The number of benzene rings is 1. The van der Waals surface area contributed by atoms with Crippen molar-refractivity contribution in [2.45, 2.75) is 13.5 Å². The van der Waals surface area contributed by atoms with Gasteiger partial charge < -0.3 is 5.32 Å². The van der Waals surface area contributed by atoms with Gasteiger partial charge in [0.1, 0.15) is 12.4 Å². The quantitative estimate of drug-likeness (QED) is 0.553. The average molecular weight is 402 g/mol. The van der Waals surface area contributed by atoms with Crippen LogP contribution in [0.25, 0.3) is 21.3 Å². The number of amides is 1. The molecule has 0 saturated carbocycles. The molecule has 1 N–H and O–H groups in total. The molecule has 0 fully saturated rings. The van der Waals surface area contributed by atoms with Crippen molar-refractivity contribution in [2.75, 3.05) is 5.32 Å². The van der Waals surface area contributed by atoms with Gasteiger partial charge >= 0.3 is 5.69 Å². The van der Waals surface area contributed by atoms with Crippen molar-refractivity contribution in [1.29, 1.82) is 0 Å². The minimum atomic E-state index is -0.533. The van der Waals surface area contributed by atoms with Crippen LogP contribution in [0.4, 0.5) is 9.52 Å². The van der Waals surface area contributed by atoms with Crippen LogP contribution < -0.4 is 16.6 Å². The SMILES string of the molecule is Cc1cc2sc(NC(=O)Cn3ncc4c3c(=O)n(C)c(=O)n4C)nc2cc1F. The number of anilines is 1. The highest BCUT2D eigenvalue weighted by atomic mass is 32.1. The first kappa shape index (κ1) is 18.0. The van der Waals surface area contributed by atoms with Crippen LogP contribution in [0.1, 0.15) is 5.56 Å². The molecule has 0 unspecified atom stereocenters. The van der Waals surface area contributed by atoms with E-state index in [1.165, 1.54) is 46.9 Å². The number of thiazole rings is 1. The van der Waals surface area contributed by atoms with Gasteiger partial charge in [-0.05, 0) is 18.6 Å². The van der Waals surface area contributed by atoms with Crippen LogP contribution in [-0.4, -0.2) is 29.8 Å². The molecule has 9 nitrogen and oxygen atoms in total. The lowest BCUT2D eigenvalue weighted by molar-refractivity contribution is -0.116. The van der Waals surface area contributed by atoms with Crippen molar-refractivity contribution in [3.05, 3.63) is 50.5 Å². The van der Waals surface area contributed by atoms with Gasteiger partial charge in [0.2, 0.25) is 5.91 Å². The molecule has 0 saturated heterocycles. The molecule has 0 aliphatic carbocycles. The van der Waals surface area contributed by atoms with Crippen molar-refractivity contribution < 1.29 is 9.18 Å². The monoisotopic (exact) mass is 402 g/mol. The van der Waals surface area contributed by atoms with Gasteiger partial charge in [0.05, 0.1) is 21.9 Å². The maximum atomic E-state index is 13.7. The van der Waals surface area contributed by atoms with Gasteiger partial charge in [-0.25, -0.2) is 18.9 Å². The molecule has 0 radical (unpaired) electrons. The van der Waals surface area contributed by atoms with Gasteiger partial charge in [-0.1, -0.05) is 11.3 Å². The summed E-state index contributed by atoms with van der Waals surface area (Å²) in [6, 6.07) is 2.99. The van der Waals surface area contributed by atoms with Crippen LogP contribution in [0.5, 0.6) is 0 Å². The van der Waals surface area contributed by atoms with E-state index in [-0.39, 0.29) is 17.9 Å². The molecule has 3 heterocycles. The Morgan fingerprint density at radius 1 is 1.25 bits per heavy atom. The Kier molecular flexibility index (Phi) is 4.11. The standard InChI is InChI=1S/C17H15FN6O3S/c1-8-4-12-10(5-9(8)18)20-16(28-12)21-13(25)7-24-14-11(6-19-24)22(2)17(27)23(3)15(14)26/h4-6H,7H2,1-3H3,(H,20,21,25). The first-order chi connectivity index (χ1) is 13.3. The number of carbonyl (C=O) groups is 1. The fourth-order valence-electron chi connectivity index (χ4n) is 2.93. The Morgan fingerprint density at radius 2 is 2.00 bits per heavy atom. The van der Waals surface area contributed by atoms with E-state index in [4.69, 9.17) is 0 Å². The third-order valence-electron chi connectivity index (χ3n) is 4.47. The summed E-state index contributed by atoms with van der Waals surface area (Å²) in [5, 5.41) is 7.03. The average Bonchev–Trinajstić information content (AvgIpc) is 3.22. The van der Waals surface area contributed by atoms with Crippen molar-refractivity contribution >= 4 is 43.6 Å². The molecule has 0 aliphatic rings. The normalized spacial score (nSPS) is 11.4. The van der Waals surface area contributed by atoms with E-state index in [9.17, 15) is 18.8 Å². The second-order valence-corrected chi connectivity index (χ2v) is 7.41. The molecule has 0 aliphatic heterocycles. The predicted molar refractivity (Wildman–Crippen MR) is 103 cm³/mol. The molecule has 3 aromatic heterocycles. The second kappa shape index (κ2) is 6.37. The molecule has 28 heavy (non-hydrogen) atoms. The molecule has 1 aromatic carbocycles. The highest BCUT2D eigenvalue weighted by Crippen LogP contribution is 2.28. The maximum Gasteiger partial charge on any atom is 0.331 e. The second-order valence-electron chi connectivity index (χ2n) is 6.38. The van der Waals surface area contributed by atoms with Gasteiger partial charge in [0.25, 0.3) is 5.56 Å². The van der Waals surface area contributed by atoms with E-state index in [0.717, 1.165) is 9.27 Å². The lowest BCUT2D eigenvalue weighted by Gasteiger charge is -2.06. The molecule has 11 heteroatoms. The minimum Gasteiger partial charge on any atom is -0.300 e. The van der Waals surface area contributed by atoms with E-state index in [1.807, 2.05) is 0 Å². The Hall–Kier alpha value is -3.34. The van der Waals surface area contributed by atoms with E-state index >= 15 is 0 Å².